The molecular weight excluding hydrogens is 286 g/mol. The fraction of sp³-hybridized carbons (Fsp3) is 0.625. The number of rotatable bonds is 10. The van der Waals surface area contributed by atoms with Gasteiger partial charge < -0.3 is 14.6 Å². The quantitative estimate of drug-likeness (QED) is 0.530. The molecule has 0 aliphatic rings. The number of hydrogen-bond donors (Lipinski definition) is 1. The molecule has 0 radical (unpaired) electrons. The second kappa shape index (κ2) is 11.7. The Morgan fingerprint density at radius 3 is 2.76 bits per heavy atom. The van der Waals surface area contributed by atoms with Crippen LogP contribution in [0.25, 0.3) is 0 Å². The molecule has 5 heteroatoms. The van der Waals surface area contributed by atoms with Crippen molar-refractivity contribution in [1.29, 1.82) is 0 Å². The SMILES string of the molecule is COCCCN(CCOC)Cc1cc(C#CCCO)cs1. The normalized spacial score (nSPS) is 10.7. The van der Waals surface area contributed by atoms with Crippen LogP contribution >= 0.6 is 11.3 Å². The van der Waals surface area contributed by atoms with Crippen LogP contribution in [0, 0.1) is 11.8 Å². The molecule has 1 heterocycles. The van der Waals surface area contributed by atoms with E-state index in [0.717, 1.165) is 44.8 Å². The zero-order valence-corrected chi connectivity index (χ0v) is 13.7. The third-order valence-electron chi connectivity index (χ3n) is 2.94. The van der Waals surface area contributed by atoms with E-state index in [9.17, 15) is 0 Å². The summed E-state index contributed by atoms with van der Waals surface area (Å²) in [6.07, 6.45) is 1.55. The van der Waals surface area contributed by atoms with Gasteiger partial charge >= 0.3 is 0 Å². The monoisotopic (exact) mass is 311 g/mol. The molecule has 0 bridgehead atoms. The third kappa shape index (κ3) is 8.20. The molecule has 0 saturated heterocycles. The van der Waals surface area contributed by atoms with Gasteiger partial charge in [0, 0.05) is 62.7 Å². The van der Waals surface area contributed by atoms with Gasteiger partial charge in [-0.25, -0.2) is 0 Å². The highest BCUT2D eigenvalue weighted by Crippen LogP contribution is 2.16. The van der Waals surface area contributed by atoms with E-state index in [2.05, 4.69) is 28.2 Å². The van der Waals surface area contributed by atoms with Crippen molar-refractivity contribution in [1.82, 2.24) is 4.90 Å². The lowest BCUT2D eigenvalue weighted by Crippen LogP contribution is -2.28. The summed E-state index contributed by atoms with van der Waals surface area (Å²) in [5.74, 6) is 6.02. The van der Waals surface area contributed by atoms with Gasteiger partial charge in [-0.3, -0.25) is 4.90 Å². The van der Waals surface area contributed by atoms with E-state index in [-0.39, 0.29) is 6.61 Å². The summed E-state index contributed by atoms with van der Waals surface area (Å²) >= 11 is 1.73. The van der Waals surface area contributed by atoms with Crippen LogP contribution in [0.2, 0.25) is 0 Å². The molecule has 0 atom stereocenters. The summed E-state index contributed by atoms with van der Waals surface area (Å²) in [5, 5.41) is 10.8. The average Bonchev–Trinajstić information content (AvgIpc) is 2.92. The summed E-state index contributed by atoms with van der Waals surface area (Å²) in [6, 6.07) is 2.13. The van der Waals surface area contributed by atoms with Gasteiger partial charge in [-0.2, -0.15) is 0 Å². The molecule has 0 unspecified atom stereocenters. The number of methoxy groups -OCH3 is 2. The predicted octanol–water partition coefficient (Wildman–Crippen LogP) is 1.97. The molecule has 1 N–H and O–H groups in total. The predicted molar refractivity (Wildman–Crippen MR) is 86.5 cm³/mol. The summed E-state index contributed by atoms with van der Waals surface area (Å²) in [7, 11) is 3.46. The first kappa shape index (κ1) is 18.1. The van der Waals surface area contributed by atoms with Gasteiger partial charge in [0.1, 0.15) is 0 Å². The largest absolute Gasteiger partial charge is 0.395 e. The zero-order valence-electron chi connectivity index (χ0n) is 12.9. The number of thiophene rings is 1. The van der Waals surface area contributed by atoms with Crippen molar-refractivity contribution in [2.45, 2.75) is 19.4 Å². The number of hydrogen-bond acceptors (Lipinski definition) is 5. The first-order valence-electron chi connectivity index (χ1n) is 7.17. The van der Waals surface area contributed by atoms with E-state index >= 15 is 0 Å². The maximum absolute atomic E-state index is 8.72. The number of nitrogens with zero attached hydrogens (tertiary/aromatic N) is 1. The molecule has 118 valence electrons. The Kier molecular flexibility index (Phi) is 10.1. The molecular formula is C16H25NO3S. The maximum Gasteiger partial charge on any atom is 0.0589 e. The summed E-state index contributed by atoms with van der Waals surface area (Å²) in [4.78, 5) is 3.68. The molecule has 0 fully saturated rings. The van der Waals surface area contributed by atoms with Crippen LogP contribution in [-0.2, 0) is 16.0 Å². The zero-order chi connectivity index (χ0) is 15.3. The number of aliphatic hydroxyl groups excluding tert-OH is 1. The Hall–Kier alpha value is -0.900. The van der Waals surface area contributed by atoms with Gasteiger partial charge in [-0.15, -0.1) is 11.3 Å². The first-order valence-corrected chi connectivity index (χ1v) is 8.05. The van der Waals surface area contributed by atoms with Gasteiger partial charge in [0.05, 0.1) is 13.2 Å². The van der Waals surface area contributed by atoms with Crippen LogP contribution in [0.4, 0.5) is 0 Å². The number of ether oxygens (including phenoxy) is 2. The third-order valence-corrected chi connectivity index (χ3v) is 3.86. The fourth-order valence-corrected chi connectivity index (χ4v) is 2.75. The van der Waals surface area contributed by atoms with Crippen LogP contribution in [0.1, 0.15) is 23.3 Å². The Labute approximate surface area is 131 Å². The van der Waals surface area contributed by atoms with Crippen LogP contribution in [0.3, 0.4) is 0 Å². The first-order chi connectivity index (χ1) is 10.3. The second-order valence-electron chi connectivity index (χ2n) is 4.69. The van der Waals surface area contributed by atoms with Gasteiger partial charge in [-0.05, 0) is 12.5 Å². The minimum Gasteiger partial charge on any atom is -0.395 e. The minimum atomic E-state index is 0.119. The van der Waals surface area contributed by atoms with Crippen LogP contribution in [-0.4, -0.2) is 57.1 Å². The Balaban J connectivity index is 2.50. The van der Waals surface area contributed by atoms with Crippen molar-refractivity contribution in [3.8, 4) is 11.8 Å². The Bertz CT molecular complexity index is 436. The Morgan fingerprint density at radius 1 is 1.24 bits per heavy atom. The molecule has 0 amide bonds. The van der Waals surface area contributed by atoms with Gasteiger partial charge in [0.15, 0.2) is 0 Å². The van der Waals surface area contributed by atoms with E-state index in [1.165, 1.54) is 4.88 Å². The molecule has 1 aromatic rings. The minimum absolute atomic E-state index is 0.119. The van der Waals surface area contributed by atoms with Gasteiger partial charge in [0.25, 0.3) is 0 Å². The van der Waals surface area contributed by atoms with Crippen molar-refractivity contribution < 1.29 is 14.6 Å². The molecule has 0 aliphatic carbocycles. The van der Waals surface area contributed by atoms with Crippen LogP contribution < -0.4 is 0 Å². The molecule has 4 nitrogen and oxygen atoms in total. The fourth-order valence-electron chi connectivity index (χ4n) is 1.89. The molecule has 0 aliphatic heterocycles. The highest BCUT2D eigenvalue weighted by atomic mass is 32.1. The van der Waals surface area contributed by atoms with Gasteiger partial charge in [-0.1, -0.05) is 11.8 Å². The molecule has 1 aromatic heterocycles. The van der Waals surface area contributed by atoms with Crippen molar-refractivity contribution in [3.05, 3.63) is 21.9 Å². The molecule has 0 saturated carbocycles. The van der Waals surface area contributed by atoms with E-state index in [1.807, 2.05) is 0 Å². The highest BCUT2D eigenvalue weighted by molar-refractivity contribution is 7.10. The van der Waals surface area contributed by atoms with E-state index in [1.54, 1.807) is 25.6 Å². The van der Waals surface area contributed by atoms with Crippen molar-refractivity contribution >= 4 is 11.3 Å². The van der Waals surface area contributed by atoms with Crippen molar-refractivity contribution in [3.63, 3.8) is 0 Å². The lowest BCUT2D eigenvalue weighted by Gasteiger charge is -2.20. The molecule has 1 rings (SSSR count). The summed E-state index contributed by atoms with van der Waals surface area (Å²) < 4.78 is 10.3. The smallest absolute Gasteiger partial charge is 0.0589 e. The van der Waals surface area contributed by atoms with Crippen molar-refractivity contribution in [2.24, 2.45) is 0 Å². The van der Waals surface area contributed by atoms with Crippen LogP contribution in [0.5, 0.6) is 0 Å². The van der Waals surface area contributed by atoms with Crippen molar-refractivity contribution in [2.75, 3.05) is 47.1 Å². The summed E-state index contributed by atoms with van der Waals surface area (Å²) in [5.41, 5.74) is 1.03. The lowest BCUT2D eigenvalue weighted by molar-refractivity contribution is 0.130. The van der Waals surface area contributed by atoms with E-state index < -0.39 is 0 Å². The van der Waals surface area contributed by atoms with E-state index in [0.29, 0.717) is 6.42 Å². The maximum atomic E-state index is 8.72. The highest BCUT2D eigenvalue weighted by Gasteiger charge is 2.07. The van der Waals surface area contributed by atoms with Gasteiger partial charge in [0.2, 0.25) is 0 Å². The van der Waals surface area contributed by atoms with Crippen LogP contribution in [0.15, 0.2) is 11.4 Å². The molecule has 0 aromatic carbocycles. The summed E-state index contributed by atoms with van der Waals surface area (Å²) in [6.45, 7) is 4.48. The molecule has 21 heavy (non-hydrogen) atoms. The Morgan fingerprint density at radius 2 is 2.05 bits per heavy atom. The lowest BCUT2D eigenvalue weighted by atomic mass is 10.3. The second-order valence-corrected chi connectivity index (χ2v) is 5.69. The topological polar surface area (TPSA) is 41.9 Å². The molecule has 0 spiro atoms. The number of aliphatic hydroxyl groups is 1. The van der Waals surface area contributed by atoms with E-state index in [4.69, 9.17) is 14.6 Å². The standard InChI is InChI=1S/C16H25NO3S/c1-19-10-5-7-17(8-11-20-2)13-16-12-15(14-21-16)6-3-4-9-18/h12,14,18H,4-5,7-11,13H2,1-2H3. The average molecular weight is 311 g/mol.